The van der Waals surface area contributed by atoms with Gasteiger partial charge in [-0.25, -0.2) is 4.79 Å². The molecule has 0 atom stereocenters. The summed E-state index contributed by atoms with van der Waals surface area (Å²) in [6.07, 6.45) is 0.467. The number of aliphatic hydroxyl groups excluding tert-OH is 1. The van der Waals surface area contributed by atoms with Gasteiger partial charge in [-0.3, -0.25) is 4.90 Å². The maximum absolute atomic E-state index is 11.6. The van der Waals surface area contributed by atoms with Gasteiger partial charge >= 0.3 is 5.97 Å². The Morgan fingerprint density at radius 2 is 2.00 bits per heavy atom. The highest BCUT2D eigenvalue weighted by atomic mass is 35.5. The molecule has 122 valence electrons. The van der Waals surface area contributed by atoms with Crippen LogP contribution >= 0.6 is 12.4 Å². The molecule has 5 nitrogen and oxygen atoms in total. The maximum atomic E-state index is 11.6. The van der Waals surface area contributed by atoms with E-state index in [1.54, 1.807) is 0 Å². The van der Waals surface area contributed by atoms with Gasteiger partial charge in [-0.2, -0.15) is 0 Å². The van der Waals surface area contributed by atoms with Crippen molar-refractivity contribution in [1.82, 2.24) is 4.90 Å². The fourth-order valence-electron chi connectivity index (χ4n) is 2.23. The molecule has 0 saturated carbocycles. The summed E-state index contributed by atoms with van der Waals surface area (Å²) in [7, 11) is 1.32. The molecule has 0 aliphatic carbocycles. The van der Waals surface area contributed by atoms with Crippen molar-refractivity contribution in [3.05, 3.63) is 41.2 Å². The zero-order valence-corrected chi connectivity index (χ0v) is 13.7. The van der Waals surface area contributed by atoms with E-state index >= 15 is 0 Å². The number of nitrogens with zero attached hydrogens (tertiary/aromatic N) is 1. The molecule has 1 N–H and O–H groups in total. The summed E-state index contributed by atoms with van der Waals surface area (Å²) in [4.78, 5) is 13.6. The molecular weight excluding hydrogens is 306 g/mol. The number of hydrogen-bond acceptors (Lipinski definition) is 5. The van der Waals surface area contributed by atoms with Gasteiger partial charge < -0.3 is 14.6 Å². The Morgan fingerprint density at radius 3 is 2.64 bits per heavy atom. The van der Waals surface area contributed by atoms with E-state index < -0.39 is 5.97 Å². The van der Waals surface area contributed by atoms with E-state index in [-0.39, 0.29) is 18.2 Å². The van der Waals surface area contributed by atoms with Gasteiger partial charge in [0, 0.05) is 26.1 Å². The number of methoxy groups -OCH3 is 1. The predicted octanol–water partition coefficient (Wildman–Crippen LogP) is 2.49. The van der Waals surface area contributed by atoms with Gasteiger partial charge in [-0.15, -0.1) is 12.4 Å². The number of carbonyl (C=O) groups excluding carboxylic acids is 1. The molecule has 0 spiro atoms. The number of rotatable bonds is 5. The largest absolute Gasteiger partial charge is 0.512 e. The van der Waals surface area contributed by atoms with Crippen molar-refractivity contribution in [2.75, 3.05) is 33.4 Å². The molecule has 0 saturated heterocycles. The van der Waals surface area contributed by atoms with Crippen molar-refractivity contribution in [2.45, 2.75) is 13.3 Å². The van der Waals surface area contributed by atoms with Crippen LogP contribution in [0.5, 0.6) is 5.75 Å². The topological polar surface area (TPSA) is 59.0 Å². The molecule has 2 rings (SSSR count). The zero-order chi connectivity index (χ0) is 15.2. The van der Waals surface area contributed by atoms with Crippen molar-refractivity contribution in [2.24, 2.45) is 0 Å². The molecule has 1 aliphatic heterocycles. The first-order chi connectivity index (χ1) is 10.1. The average Bonchev–Trinajstić information content (AvgIpc) is 2.50. The quantitative estimate of drug-likeness (QED) is 0.842. The average molecular weight is 328 g/mol. The first-order valence-corrected chi connectivity index (χ1v) is 7.01. The van der Waals surface area contributed by atoms with E-state index in [0.29, 0.717) is 38.2 Å². The lowest BCUT2D eigenvalue weighted by atomic mass is 10.1. The molecule has 22 heavy (non-hydrogen) atoms. The third-order valence-electron chi connectivity index (χ3n) is 3.52. The standard InChI is InChI=1S/C16H21NO4.ClH/c1-12-3-5-13(6-4-12)21-10-9-17-8-7-15(18)14(11-17)16(19)20-2;/h3-6,18H,7-11H2,1-2H3;1H. The van der Waals surface area contributed by atoms with Crippen LogP contribution in [0.1, 0.15) is 12.0 Å². The summed E-state index contributed by atoms with van der Waals surface area (Å²) in [5.74, 6) is 0.512. The number of benzene rings is 1. The second-order valence-corrected chi connectivity index (χ2v) is 5.10. The normalized spacial score (nSPS) is 15.2. The molecule has 0 amide bonds. The van der Waals surface area contributed by atoms with Gasteiger partial charge in [-0.1, -0.05) is 17.7 Å². The Labute approximate surface area is 136 Å². The Bertz CT molecular complexity index is 527. The molecule has 0 radical (unpaired) electrons. The number of halogens is 1. The summed E-state index contributed by atoms with van der Waals surface area (Å²) < 4.78 is 10.4. The first kappa shape index (κ1) is 18.3. The number of aryl methyl sites for hydroxylation is 1. The van der Waals surface area contributed by atoms with Crippen LogP contribution in [0.25, 0.3) is 0 Å². The third-order valence-corrected chi connectivity index (χ3v) is 3.52. The molecule has 1 aliphatic rings. The lowest BCUT2D eigenvalue weighted by Crippen LogP contribution is -2.37. The van der Waals surface area contributed by atoms with Crippen LogP contribution in [-0.2, 0) is 9.53 Å². The Balaban J connectivity index is 0.00000242. The fourth-order valence-corrected chi connectivity index (χ4v) is 2.23. The molecule has 6 heteroatoms. The second kappa shape index (κ2) is 8.66. The Hall–Kier alpha value is -1.72. The Morgan fingerprint density at radius 1 is 1.32 bits per heavy atom. The van der Waals surface area contributed by atoms with E-state index in [2.05, 4.69) is 9.64 Å². The molecule has 1 heterocycles. The van der Waals surface area contributed by atoms with Crippen LogP contribution < -0.4 is 4.74 Å². The van der Waals surface area contributed by atoms with E-state index in [0.717, 1.165) is 5.75 Å². The SMILES string of the molecule is COC(=O)C1=C(O)CCN(CCOc2ccc(C)cc2)C1.Cl. The van der Waals surface area contributed by atoms with Crippen LogP contribution in [0.3, 0.4) is 0 Å². The number of esters is 1. The minimum Gasteiger partial charge on any atom is -0.512 e. The zero-order valence-electron chi connectivity index (χ0n) is 12.9. The highest BCUT2D eigenvalue weighted by Gasteiger charge is 2.24. The number of ether oxygens (including phenoxy) is 2. The number of hydrogen-bond donors (Lipinski definition) is 1. The summed E-state index contributed by atoms with van der Waals surface area (Å²) in [6, 6.07) is 7.90. The third kappa shape index (κ3) is 4.93. The van der Waals surface area contributed by atoms with Crippen LogP contribution in [0.2, 0.25) is 0 Å². The fraction of sp³-hybridized carbons (Fsp3) is 0.438. The second-order valence-electron chi connectivity index (χ2n) is 5.10. The van der Waals surface area contributed by atoms with E-state index in [1.165, 1.54) is 12.7 Å². The minimum absolute atomic E-state index is 0. The van der Waals surface area contributed by atoms with Crippen LogP contribution in [-0.4, -0.2) is 49.3 Å². The molecule has 0 unspecified atom stereocenters. The highest BCUT2D eigenvalue weighted by Crippen LogP contribution is 2.17. The van der Waals surface area contributed by atoms with Gasteiger partial charge in [0.15, 0.2) is 0 Å². The summed E-state index contributed by atoms with van der Waals surface area (Å²) in [5, 5.41) is 9.74. The van der Waals surface area contributed by atoms with Crippen molar-refractivity contribution < 1.29 is 19.4 Å². The molecule has 0 aromatic heterocycles. The van der Waals surface area contributed by atoms with E-state index in [4.69, 9.17) is 4.74 Å². The smallest absolute Gasteiger partial charge is 0.338 e. The maximum Gasteiger partial charge on any atom is 0.338 e. The van der Waals surface area contributed by atoms with Gasteiger partial charge in [-0.05, 0) is 19.1 Å². The predicted molar refractivity (Wildman–Crippen MR) is 86.6 cm³/mol. The summed E-state index contributed by atoms with van der Waals surface area (Å²) >= 11 is 0. The van der Waals surface area contributed by atoms with E-state index in [9.17, 15) is 9.90 Å². The van der Waals surface area contributed by atoms with Crippen LogP contribution in [0.4, 0.5) is 0 Å². The molecule has 0 bridgehead atoms. The minimum atomic E-state index is -0.461. The van der Waals surface area contributed by atoms with Crippen molar-refractivity contribution >= 4 is 18.4 Å². The lowest BCUT2D eigenvalue weighted by Gasteiger charge is -2.27. The summed E-state index contributed by atoms with van der Waals surface area (Å²) in [5.41, 5.74) is 1.54. The van der Waals surface area contributed by atoms with Gasteiger partial charge in [0.05, 0.1) is 12.7 Å². The van der Waals surface area contributed by atoms with Crippen LogP contribution in [0, 0.1) is 6.92 Å². The van der Waals surface area contributed by atoms with Gasteiger partial charge in [0.1, 0.15) is 18.1 Å². The summed E-state index contributed by atoms with van der Waals surface area (Å²) in [6.45, 7) is 4.38. The van der Waals surface area contributed by atoms with Crippen LogP contribution in [0.15, 0.2) is 35.6 Å². The van der Waals surface area contributed by atoms with Gasteiger partial charge in [0.2, 0.25) is 0 Å². The van der Waals surface area contributed by atoms with E-state index in [1.807, 2.05) is 31.2 Å². The first-order valence-electron chi connectivity index (χ1n) is 7.01. The van der Waals surface area contributed by atoms with Crippen molar-refractivity contribution in [1.29, 1.82) is 0 Å². The molecule has 0 fully saturated rings. The number of carbonyl (C=O) groups is 1. The molecular formula is C16H22ClNO4. The monoisotopic (exact) mass is 327 g/mol. The lowest BCUT2D eigenvalue weighted by molar-refractivity contribution is -0.136. The molecule has 1 aromatic carbocycles. The molecule has 1 aromatic rings. The number of aliphatic hydroxyl groups is 1. The highest BCUT2D eigenvalue weighted by molar-refractivity contribution is 5.89. The van der Waals surface area contributed by atoms with Gasteiger partial charge in [0.25, 0.3) is 0 Å². The van der Waals surface area contributed by atoms with Crippen molar-refractivity contribution in [3.63, 3.8) is 0 Å². The Kier molecular flexibility index (Phi) is 7.21. The van der Waals surface area contributed by atoms with Crippen molar-refractivity contribution in [3.8, 4) is 5.75 Å².